The van der Waals surface area contributed by atoms with Crippen molar-refractivity contribution in [2.75, 3.05) is 6.54 Å². The first-order valence-electron chi connectivity index (χ1n) is 10.1. The van der Waals surface area contributed by atoms with Crippen LogP contribution < -0.4 is 10.6 Å². The van der Waals surface area contributed by atoms with Gasteiger partial charge in [-0.2, -0.15) is 0 Å². The number of urea groups is 1. The number of hydrogen-bond donors (Lipinski definition) is 2. The Labute approximate surface area is 154 Å². The number of hydrogen-bond acceptors (Lipinski definition) is 2. The largest absolute Gasteiger partial charge is 0.336 e. The molecular formula is C21H28N4O. The molecule has 0 saturated heterocycles. The molecule has 138 valence electrons. The smallest absolute Gasteiger partial charge is 0.315 e. The van der Waals surface area contributed by atoms with Gasteiger partial charge in [-0.1, -0.05) is 12.1 Å². The van der Waals surface area contributed by atoms with E-state index in [1.807, 2.05) is 25.1 Å². The van der Waals surface area contributed by atoms with Gasteiger partial charge < -0.3 is 15.2 Å². The predicted molar refractivity (Wildman–Crippen MR) is 102 cm³/mol. The van der Waals surface area contributed by atoms with E-state index in [4.69, 9.17) is 0 Å². The number of para-hydroxylation sites is 2. The predicted octanol–water partition coefficient (Wildman–Crippen LogP) is 3.47. The van der Waals surface area contributed by atoms with Crippen LogP contribution in [0.2, 0.25) is 0 Å². The Bertz CT molecular complexity index is 799. The SMILES string of the molecule is Cc1nc2ccccc2n1CCNC(=O)NC1C2CC3CC(C2)CC1C3. The average molecular weight is 352 g/mol. The molecule has 4 fully saturated rings. The average Bonchev–Trinajstić information content (AvgIpc) is 2.93. The Balaban J connectivity index is 1.17. The lowest BCUT2D eigenvalue weighted by Crippen LogP contribution is -2.57. The van der Waals surface area contributed by atoms with E-state index >= 15 is 0 Å². The van der Waals surface area contributed by atoms with Crippen molar-refractivity contribution in [3.8, 4) is 0 Å². The highest BCUT2D eigenvalue weighted by atomic mass is 16.2. The van der Waals surface area contributed by atoms with Crippen LogP contribution in [0.1, 0.15) is 37.9 Å². The van der Waals surface area contributed by atoms with E-state index in [-0.39, 0.29) is 6.03 Å². The Kier molecular flexibility index (Phi) is 3.91. The van der Waals surface area contributed by atoms with E-state index in [1.165, 1.54) is 32.1 Å². The number of benzene rings is 1. The zero-order chi connectivity index (χ0) is 17.7. The third kappa shape index (κ3) is 2.78. The molecule has 1 aromatic carbocycles. The Hall–Kier alpha value is -2.04. The second-order valence-corrected chi connectivity index (χ2v) is 8.66. The lowest BCUT2D eigenvalue weighted by atomic mass is 9.54. The van der Waals surface area contributed by atoms with Gasteiger partial charge >= 0.3 is 6.03 Å². The molecule has 0 radical (unpaired) electrons. The maximum atomic E-state index is 12.5. The van der Waals surface area contributed by atoms with E-state index in [0.717, 1.165) is 47.1 Å². The van der Waals surface area contributed by atoms with Crippen LogP contribution in [-0.2, 0) is 6.54 Å². The number of aryl methyl sites for hydroxylation is 1. The molecule has 4 aliphatic carbocycles. The molecule has 4 bridgehead atoms. The van der Waals surface area contributed by atoms with Gasteiger partial charge in [-0.25, -0.2) is 9.78 Å². The highest BCUT2D eigenvalue weighted by molar-refractivity contribution is 5.76. The molecule has 2 N–H and O–H groups in total. The molecular weight excluding hydrogens is 324 g/mol. The minimum absolute atomic E-state index is 0.00421. The molecule has 0 unspecified atom stereocenters. The first kappa shape index (κ1) is 16.2. The quantitative estimate of drug-likeness (QED) is 0.885. The Morgan fingerprint density at radius 3 is 2.54 bits per heavy atom. The molecule has 0 spiro atoms. The zero-order valence-electron chi connectivity index (χ0n) is 15.4. The third-order valence-electron chi connectivity index (χ3n) is 6.99. The van der Waals surface area contributed by atoms with Crippen molar-refractivity contribution >= 4 is 17.1 Å². The Morgan fingerprint density at radius 1 is 1.12 bits per heavy atom. The van der Waals surface area contributed by atoms with E-state index in [1.54, 1.807) is 0 Å². The summed E-state index contributed by atoms with van der Waals surface area (Å²) in [6.45, 7) is 3.40. The zero-order valence-corrected chi connectivity index (χ0v) is 15.4. The molecule has 4 aliphatic rings. The van der Waals surface area contributed by atoms with Crippen molar-refractivity contribution in [3.05, 3.63) is 30.1 Å². The molecule has 0 aliphatic heterocycles. The number of aromatic nitrogens is 2. The maximum absolute atomic E-state index is 12.5. The molecule has 5 heteroatoms. The van der Waals surface area contributed by atoms with Gasteiger partial charge in [0.2, 0.25) is 0 Å². The van der Waals surface area contributed by atoms with Crippen molar-refractivity contribution in [1.82, 2.24) is 20.2 Å². The molecule has 6 rings (SSSR count). The molecule has 4 saturated carbocycles. The molecule has 2 aromatic rings. The maximum Gasteiger partial charge on any atom is 0.315 e. The molecule has 0 atom stereocenters. The molecule has 26 heavy (non-hydrogen) atoms. The molecule has 1 heterocycles. The van der Waals surface area contributed by atoms with Gasteiger partial charge in [0.1, 0.15) is 5.82 Å². The Morgan fingerprint density at radius 2 is 1.81 bits per heavy atom. The van der Waals surface area contributed by atoms with Gasteiger partial charge in [0.25, 0.3) is 0 Å². The van der Waals surface area contributed by atoms with E-state index in [9.17, 15) is 4.79 Å². The van der Waals surface area contributed by atoms with Crippen LogP contribution in [0.3, 0.4) is 0 Å². The fraction of sp³-hybridized carbons (Fsp3) is 0.619. The normalized spacial score (nSPS) is 32.1. The van der Waals surface area contributed by atoms with Crippen LogP contribution in [0.15, 0.2) is 24.3 Å². The van der Waals surface area contributed by atoms with Crippen LogP contribution in [0, 0.1) is 30.6 Å². The lowest BCUT2D eigenvalue weighted by Gasteiger charge is -2.54. The van der Waals surface area contributed by atoms with Gasteiger partial charge in [-0.15, -0.1) is 0 Å². The van der Waals surface area contributed by atoms with Crippen molar-refractivity contribution < 1.29 is 4.79 Å². The van der Waals surface area contributed by atoms with Gasteiger partial charge in [0.05, 0.1) is 11.0 Å². The number of carbonyl (C=O) groups excluding carboxylic acids is 1. The fourth-order valence-corrected chi connectivity index (χ4v) is 6.12. The second kappa shape index (κ2) is 6.29. The van der Waals surface area contributed by atoms with Crippen LogP contribution >= 0.6 is 0 Å². The van der Waals surface area contributed by atoms with Crippen molar-refractivity contribution in [2.45, 2.75) is 51.6 Å². The van der Waals surface area contributed by atoms with Crippen LogP contribution in [0.5, 0.6) is 0 Å². The van der Waals surface area contributed by atoms with Crippen LogP contribution in [0.4, 0.5) is 4.79 Å². The summed E-state index contributed by atoms with van der Waals surface area (Å²) in [5, 5.41) is 6.39. The highest BCUT2D eigenvalue weighted by Gasteiger charge is 2.48. The summed E-state index contributed by atoms with van der Waals surface area (Å²) < 4.78 is 2.18. The first-order chi connectivity index (χ1) is 12.7. The molecule has 2 amide bonds. The van der Waals surface area contributed by atoms with Gasteiger partial charge in [0.15, 0.2) is 0 Å². The number of nitrogens with one attached hydrogen (secondary N) is 2. The van der Waals surface area contributed by atoms with Crippen molar-refractivity contribution in [2.24, 2.45) is 23.7 Å². The van der Waals surface area contributed by atoms with E-state index in [0.29, 0.717) is 12.6 Å². The summed E-state index contributed by atoms with van der Waals surface area (Å²) in [6, 6.07) is 8.57. The monoisotopic (exact) mass is 352 g/mol. The number of rotatable bonds is 4. The van der Waals surface area contributed by atoms with E-state index in [2.05, 4.69) is 26.3 Å². The number of imidazole rings is 1. The summed E-state index contributed by atoms with van der Waals surface area (Å²) in [5.41, 5.74) is 2.15. The van der Waals surface area contributed by atoms with Gasteiger partial charge in [-0.3, -0.25) is 0 Å². The summed E-state index contributed by atoms with van der Waals surface area (Å²) >= 11 is 0. The van der Waals surface area contributed by atoms with E-state index < -0.39 is 0 Å². The minimum atomic E-state index is 0.00421. The molecule has 5 nitrogen and oxygen atoms in total. The van der Waals surface area contributed by atoms with Crippen LogP contribution in [0.25, 0.3) is 11.0 Å². The lowest BCUT2D eigenvalue weighted by molar-refractivity contribution is -0.00941. The minimum Gasteiger partial charge on any atom is -0.336 e. The highest BCUT2D eigenvalue weighted by Crippen LogP contribution is 2.53. The summed E-state index contributed by atoms with van der Waals surface area (Å²) in [5.74, 6) is 4.32. The first-order valence-corrected chi connectivity index (χ1v) is 10.1. The summed E-state index contributed by atoms with van der Waals surface area (Å²) in [4.78, 5) is 17.1. The van der Waals surface area contributed by atoms with Crippen LogP contribution in [-0.4, -0.2) is 28.2 Å². The topological polar surface area (TPSA) is 59.0 Å². The van der Waals surface area contributed by atoms with Crippen molar-refractivity contribution in [3.63, 3.8) is 0 Å². The number of fused-ring (bicyclic) bond motifs is 1. The fourth-order valence-electron chi connectivity index (χ4n) is 6.12. The summed E-state index contributed by atoms with van der Waals surface area (Å²) in [7, 11) is 0. The second-order valence-electron chi connectivity index (χ2n) is 8.66. The third-order valence-corrected chi connectivity index (χ3v) is 6.99. The number of carbonyl (C=O) groups is 1. The number of amides is 2. The van der Waals surface area contributed by atoms with Crippen molar-refractivity contribution in [1.29, 1.82) is 0 Å². The van der Waals surface area contributed by atoms with Gasteiger partial charge in [-0.05, 0) is 74.8 Å². The molecule has 1 aromatic heterocycles. The standard InChI is InChI=1S/C21H28N4O/c1-13-23-18-4-2-3-5-19(18)25(13)7-6-22-21(26)24-20-16-9-14-8-15(11-16)12-17(20)10-14/h2-5,14-17,20H,6-12H2,1H3,(H2,22,24,26). The number of nitrogens with zero attached hydrogens (tertiary/aromatic N) is 2. The summed E-state index contributed by atoms with van der Waals surface area (Å²) in [6.07, 6.45) is 6.77. The van der Waals surface area contributed by atoms with Gasteiger partial charge in [0, 0.05) is 19.1 Å².